The zero-order valence-corrected chi connectivity index (χ0v) is 89.6. The zero-order valence-electron chi connectivity index (χ0n) is 80.1. The maximum atomic E-state index is 13.1. The smallest absolute Gasteiger partial charge is 0.756 e. The predicted molar refractivity (Wildman–Crippen MR) is 468 cm³/mol. The first kappa shape index (κ1) is 137. The van der Waals surface area contributed by atoms with E-state index in [1.807, 2.05) is 121 Å². The van der Waals surface area contributed by atoms with E-state index < -0.39 is 306 Å². The van der Waals surface area contributed by atoms with Crippen LogP contribution in [-0.4, -0.2) is 347 Å². The molecule has 1 fully saturated rings. The van der Waals surface area contributed by atoms with Crippen molar-refractivity contribution in [2.75, 3.05) is 184 Å². The van der Waals surface area contributed by atoms with Crippen molar-refractivity contribution < 1.29 is 324 Å². The molecule has 57 heteroatoms. The van der Waals surface area contributed by atoms with Gasteiger partial charge in [0.1, 0.15) is 0 Å². The predicted octanol–water partition coefficient (Wildman–Crippen LogP) is -18.5. The molecule has 823 valence electrons. The van der Waals surface area contributed by atoms with Gasteiger partial charge in [-0.15, -0.1) is 0 Å². The Labute approximate surface area is 957 Å². The zero-order chi connectivity index (χ0) is 109. The van der Waals surface area contributed by atoms with Crippen molar-refractivity contribution in [2.24, 2.45) is 0 Å². The number of nitrogens with zero attached hydrogens (tertiary/aromatic N) is 9. The maximum Gasteiger partial charge on any atom is 3.00 e. The van der Waals surface area contributed by atoms with Crippen LogP contribution >= 0.6 is 23.5 Å². The summed E-state index contributed by atoms with van der Waals surface area (Å²) >= 11 is 0. The van der Waals surface area contributed by atoms with Crippen LogP contribution in [0.4, 0.5) is 0 Å². The summed E-state index contributed by atoms with van der Waals surface area (Å²) in [5.74, 6) is -25.7. The molecule has 1 aliphatic carbocycles. The first-order chi connectivity index (χ1) is 69.3. The van der Waals surface area contributed by atoms with E-state index in [0.717, 1.165) is 67.7 Å². The van der Waals surface area contributed by atoms with E-state index in [9.17, 15) is 177 Å². The second-order valence-electron chi connectivity index (χ2n) is 33.5. The number of hydrogen-bond acceptors (Lipinski definition) is 51. The van der Waals surface area contributed by atoms with E-state index in [2.05, 4.69) is 0 Å². The third-order valence-electron chi connectivity index (χ3n) is 22.3. The molecule has 0 bridgehead atoms. The van der Waals surface area contributed by atoms with Gasteiger partial charge >= 0.3 is 120 Å². The molecule has 0 amide bonds. The fourth-order valence-electron chi connectivity index (χ4n) is 16.0. The molecule has 51 nitrogen and oxygen atoms in total. The van der Waals surface area contributed by atoms with Crippen LogP contribution in [0.5, 0.6) is 0 Å². The number of carbonyl (C=O) groups is 15. The summed E-state index contributed by atoms with van der Waals surface area (Å²) < 4.78 is 70.2. The summed E-state index contributed by atoms with van der Waals surface area (Å²) in [7, 11) is -15.5. The molecule has 0 aliphatic heterocycles. The number of aliphatic carboxylic acids is 15. The molecule has 0 spiro atoms. The Bertz CT molecular complexity index is 5150. The van der Waals surface area contributed by atoms with Crippen LogP contribution in [0, 0.1) is 120 Å². The first-order valence-corrected chi connectivity index (χ1v) is 49.4. The van der Waals surface area contributed by atoms with Crippen LogP contribution in [-0.2, 0) is 131 Å². The molecular weight excluding hydrogens is 2480 g/mol. The van der Waals surface area contributed by atoms with Crippen molar-refractivity contribution in [2.45, 2.75) is 86.6 Å². The average molecular weight is 2590 g/mol. The number of rotatable bonds is 73. The summed E-state index contributed by atoms with van der Waals surface area (Å²) in [4.78, 5) is 216. The SMILES string of the molecule is O=C([O-])CN(CCN(CC(=O)[O-])CC(COP(=O)([O-])OC(Cc1ccccc1)Cc1ccccc1)N(CC(=O)[O-])CC(=O)[O-])CC(=O)[O-].O=C([O-])CN(CCN(CC(=O)[O-])CC(COP(=O)([O-])OC1CCC(c2ccccc2)(c2ccccc2)CC1)N(CC(=O)[O-])CC(=O)[O-])CC(=O)[O-].O=C([O-])CN(CCN(CC(=O)[O-])CC(COP(=O)([O-])OCCC(c1ccccc1)c1ccccc1)N(CC(=O)[O-])CC(=O)[O-])CC(=O)[O-].[Gd+3].[Gd+3].[Gd+3]. The van der Waals surface area contributed by atoms with Crippen molar-refractivity contribution >= 4 is 113 Å². The Morgan fingerprint density at radius 3 is 0.780 bits per heavy atom. The number of hydrogen-bond donors (Lipinski definition) is 0. The minimum Gasteiger partial charge on any atom is -0.756 e. The number of carbonyl (C=O) groups excluding carboxylic acids is 15. The Morgan fingerprint density at radius 1 is 0.293 bits per heavy atom. The molecule has 6 atom stereocenters. The van der Waals surface area contributed by atoms with Gasteiger partial charge in [0.15, 0.2) is 0 Å². The van der Waals surface area contributed by atoms with Crippen molar-refractivity contribution in [3.8, 4) is 0 Å². The van der Waals surface area contributed by atoms with Crippen LogP contribution < -0.4 is 91.3 Å². The number of carboxylic acid groups (broad SMARTS) is 15. The van der Waals surface area contributed by atoms with Gasteiger partial charge in [0.25, 0.3) is 23.5 Å². The molecular formula is C93H106Gd3N9O42P3-9. The summed E-state index contributed by atoms with van der Waals surface area (Å²) in [6.07, 6.45) is 0.426. The largest absolute Gasteiger partial charge is 3.00 e. The van der Waals surface area contributed by atoms with Gasteiger partial charge in [0.05, 0.1) is 128 Å². The van der Waals surface area contributed by atoms with Crippen molar-refractivity contribution in [1.29, 1.82) is 0 Å². The van der Waals surface area contributed by atoms with Gasteiger partial charge in [-0.3, -0.25) is 57.8 Å². The Morgan fingerprint density at radius 2 is 0.520 bits per heavy atom. The van der Waals surface area contributed by atoms with E-state index in [1.54, 1.807) is 60.7 Å². The summed E-state index contributed by atoms with van der Waals surface area (Å²) in [6.45, 7) is -21.4. The quantitative estimate of drug-likeness (QED) is 0.0320. The molecule has 150 heavy (non-hydrogen) atoms. The van der Waals surface area contributed by atoms with E-state index >= 15 is 0 Å². The molecule has 6 unspecified atom stereocenters. The molecule has 0 aromatic heterocycles. The Kier molecular flexibility index (Phi) is 66.1. The van der Waals surface area contributed by atoms with Crippen LogP contribution in [0.15, 0.2) is 182 Å². The average Bonchev–Trinajstić information content (AvgIpc) is 0.765. The second kappa shape index (κ2) is 72.1. The normalized spacial score (nSPS) is 14.2. The standard InChI is InChI=1S/C33H44N3O14P.2C30H40N3O14P.3Gd/c37-28(38)18-34(15-16-35(19-29(39)40)20-30(41)42)17-26(36(21-31(43)44)22-32(45)46)23-49-51(47,48)50-27-11-13-33(14-12-27,24-7-3-1-4-8-24)25-9-5-2-6-10-25;34-26(35)16-31(12-13-32(17-27(36)37)18-28(38)39)15-24(33(19-29(40)41)20-30(42)43)21-47-48(44,45)46-14-11-25(22-7-3-1-4-8-22)23-9-5-2-6-10-23;34-26(35)16-31(11-12-32(17-27(36)37)18-28(38)39)15-24(33(19-29(40)41)20-30(42)43)21-46-48(44,45)47-25(13-22-7-3-1-4-8-22)14-23-9-5-2-6-10-23;;;/h1-10,26-27H,11-23H2,(H,37,38)(H,39,40)(H,41,42)(H,43,44)(H,45,46)(H,47,48);2*1-10,24-25H,11-21H2,(H,34,35)(H,36,37)(H,38,39)(H,40,41)(H,42,43)(H,44,45);;;/q;;;3*+3/p-18. The fourth-order valence-corrected chi connectivity index (χ4v) is 18.7. The molecule has 0 heterocycles. The van der Waals surface area contributed by atoms with Crippen LogP contribution in [0.25, 0.3) is 0 Å². The molecule has 7 rings (SSSR count). The third-order valence-corrected chi connectivity index (χ3v) is 25.3. The second-order valence-corrected chi connectivity index (χ2v) is 37.7. The molecule has 6 aromatic carbocycles. The van der Waals surface area contributed by atoms with Gasteiger partial charge in [-0.1, -0.05) is 182 Å². The topological polar surface area (TPSA) is 807 Å². The minimum absolute atomic E-state index is 0. The Hall–Kier alpha value is -8.69. The summed E-state index contributed by atoms with van der Waals surface area (Å²) in [5.41, 5.74) is 4.98. The molecule has 6 aromatic rings. The minimum atomic E-state index is -5.22. The monoisotopic (exact) mass is 2590 g/mol. The Balaban J connectivity index is 0.000000753. The first-order valence-electron chi connectivity index (χ1n) is 45.1. The number of phosphoric acid groups is 3. The van der Waals surface area contributed by atoms with Gasteiger partial charge in [0.2, 0.25) is 0 Å². The number of benzene rings is 6. The molecule has 3 radical (unpaired) electrons. The summed E-state index contributed by atoms with van der Waals surface area (Å²) in [6, 6.07) is 51.2. The third kappa shape index (κ3) is 58.6. The van der Waals surface area contributed by atoms with Gasteiger partial charge in [0, 0.05) is 187 Å². The van der Waals surface area contributed by atoms with Crippen molar-refractivity contribution in [3.63, 3.8) is 0 Å². The van der Waals surface area contributed by atoms with Crippen LogP contribution in [0.1, 0.15) is 71.4 Å². The molecule has 0 saturated heterocycles. The maximum absolute atomic E-state index is 13.1. The fraction of sp³-hybridized carbons (Fsp3) is 0.452. The van der Waals surface area contributed by atoms with E-state index in [4.69, 9.17) is 27.1 Å². The number of carboxylic acids is 15. The van der Waals surface area contributed by atoms with Gasteiger partial charge < -0.3 is 190 Å². The van der Waals surface area contributed by atoms with Crippen LogP contribution in [0.3, 0.4) is 0 Å². The molecule has 1 saturated carbocycles. The molecule has 1 aliphatic rings. The van der Waals surface area contributed by atoms with E-state index in [-0.39, 0.29) is 171 Å². The number of phosphoric ester groups is 3. The van der Waals surface area contributed by atoms with E-state index in [1.165, 1.54) is 0 Å². The van der Waals surface area contributed by atoms with Crippen molar-refractivity contribution in [3.05, 3.63) is 215 Å². The van der Waals surface area contributed by atoms with Gasteiger partial charge in [-0.05, 0) is 78.3 Å². The van der Waals surface area contributed by atoms with Crippen molar-refractivity contribution in [1.82, 2.24) is 44.1 Å². The molecule has 0 N–H and O–H groups in total. The van der Waals surface area contributed by atoms with E-state index in [0.29, 0.717) is 35.5 Å². The van der Waals surface area contributed by atoms with Gasteiger partial charge in [-0.25, -0.2) is 0 Å². The summed E-state index contributed by atoms with van der Waals surface area (Å²) in [5, 5.41) is 170. The van der Waals surface area contributed by atoms with Gasteiger partial charge in [-0.2, -0.15) is 0 Å². The van der Waals surface area contributed by atoms with Crippen LogP contribution in [0.2, 0.25) is 0 Å².